The van der Waals surface area contributed by atoms with E-state index in [-0.39, 0.29) is 12.0 Å². The molecule has 0 bridgehead atoms. The lowest BCUT2D eigenvalue weighted by molar-refractivity contribution is 0.0949. The number of carbonyl (C=O) groups is 1. The van der Waals surface area contributed by atoms with Gasteiger partial charge in [-0.1, -0.05) is 23.8 Å². The molecule has 2 aromatic rings. The van der Waals surface area contributed by atoms with Gasteiger partial charge in [-0.05, 0) is 70.2 Å². The number of nitrogens with zero attached hydrogens (tertiary/aromatic N) is 1. The van der Waals surface area contributed by atoms with Crippen LogP contribution in [0, 0.1) is 0 Å². The molecule has 1 aromatic carbocycles. The Morgan fingerprint density at radius 3 is 2.86 bits per heavy atom. The largest absolute Gasteiger partial charge is 0.489 e. The molecule has 0 fully saturated rings. The Kier molecular flexibility index (Phi) is 7.06. The molecule has 0 spiro atoms. The van der Waals surface area contributed by atoms with Gasteiger partial charge in [-0.2, -0.15) is 0 Å². The van der Waals surface area contributed by atoms with Crippen molar-refractivity contribution in [3.63, 3.8) is 0 Å². The second-order valence-electron chi connectivity index (χ2n) is 7.33. The number of benzene rings is 1. The molecule has 3 rings (SSSR count). The molecular formula is C23H29N3O2. The third kappa shape index (κ3) is 5.84. The van der Waals surface area contributed by atoms with Crippen molar-refractivity contribution in [3.05, 3.63) is 59.9 Å². The number of rotatable bonds is 8. The van der Waals surface area contributed by atoms with Gasteiger partial charge in [0.25, 0.3) is 5.91 Å². The van der Waals surface area contributed by atoms with Gasteiger partial charge in [-0.25, -0.2) is 0 Å². The lowest BCUT2D eigenvalue weighted by Crippen LogP contribution is -2.25. The Labute approximate surface area is 167 Å². The van der Waals surface area contributed by atoms with Gasteiger partial charge in [-0.3, -0.25) is 9.78 Å². The second kappa shape index (κ2) is 9.93. The van der Waals surface area contributed by atoms with Crippen molar-refractivity contribution in [1.82, 2.24) is 10.3 Å². The number of para-hydroxylation sites is 2. The molecule has 1 aliphatic carbocycles. The Morgan fingerprint density at radius 1 is 1.21 bits per heavy atom. The molecule has 0 unspecified atom stereocenters. The van der Waals surface area contributed by atoms with Crippen molar-refractivity contribution in [2.75, 3.05) is 11.9 Å². The zero-order valence-corrected chi connectivity index (χ0v) is 16.7. The quantitative estimate of drug-likeness (QED) is 0.616. The third-order valence-corrected chi connectivity index (χ3v) is 4.64. The fraction of sp³-hybridized carbons (Fsp3) is 0.391. The summed E-state index contributed by atoms with van der Waals surface area (Å²) < 4.78 is 5.84. The highest BCUT2D eigenvalue weighted by Crippen LogP contribution is 2.28. The smallest absolute Gasteiger partial charge is 0.269 e. The topological polar surface area (TPSA) is 63.2 Å². The van der Waals surface area contributed by atoms with Gasteiger partial charge in [0.05, 0.1) is 11.8 Å². The van der Waals surface area contributed by atoms with Crippen LogP contribution in [-0.4, -0.2) is 23.5 Å². The highest BCUT2D eigenvalue weighted by molar-refractivity contribution is 5.93. The lowest BCUT2D eigenvalue weighted by atomic mass is 9.97. The number of aromatic nitrogens is 1. The normalized spacial score (nSPS) is 13.8. The number of nitrogens with one attached hydrogen (secondary N) is 2. The number of hydrogen-bond donors (Lipinski definition) is 2. The standard InChI is InChI=1S/C23H29N3O2/c1-17(2)28-22-11-7-6-10-20(22)26-19-13-15-24-21(16-19)23(27)25-14-12-18-8-4-3-5-9-18/h6-8,10-11,13,15-17H,3-5,9,12,14H2,1-2H3,(H,24,26)(H,25,27). The molecular weight excluding hydrogens is 350 g/mol. The average Bonchev–Trinajstić information content (AvgIpc) is 2.70. The highest BCUT2D eigenvalue weighted by Gasteiger charge is 2.10. The summed E-state index contributed by atoms with van der Waals surface area (Å²) in [5.41, 5.74) is 3.52. The fourth-order valence-corrected chi connectivity index (χ4v) is 3.27. The molecule has 0 saturated carbocycles. The maximum absolute atomic E-state index is 12.5. The van der Waals surface area contributed by atoms with E-state index in [2.05, 4.69) is 21.7 Å². The van der Waals surface area contributed by atoms with Gasteiger partial charge in [0.15, 0.2) is 0 Å². The van der Waals surface area contributed by atoms with E-state index < -0.39 is 0 Å². The van der Waals surface area contributed by atoms with Crippen LogP contribution in [0.3, 0.4) is 0 Å². The first-order valence-corrected chi connectivity index (χ1v) is 10.1. The van der Waals surface area contributed by atoms with Crippen LogP contribution in [0.1, 0.15) is 56.4 Å². The monoisotopic (exact) mass is 379 g/mol. The van der Waals surface area contributed by atoms with Crippen LogP contribution in [0.2, 0.25) is 0 Å². The molecule has 0 saturated heterocycles. The van der Waals surface area contributed by atoms with Crippen molar-refractivity contribution in [1.29, 1.82) is 0 Å². The van der Waals surface area contributed by atoms with Crippen LogP contribution in [0.5, 0.6) is 5.75 Å². The average molecular weight is 380 g/mol. The molecule has 1 aliphatic rings. The zero-order valence-electron chi connectivity index (χ0n) is 16.7. The zero-order chi connectivity index (χ0) is 19.8. The summed E-state index contributed by atoms with van der Waals surface area (Å²) in [6.45, 7) is 4.64. The number of carbonyl (C=O) groups excluding carboxylic acids is 1. The molecule has 1 aromatic heterocycles. The van der Waals surface area contributed by atoms with Crippen LogP contribution >= 0.6 is 0 Å². The van der Waals surface area contributed by atoms with E-state index in [1.165, 1.54) is 24.8 Å². The SMILES string of the molecule is CC(C)Oc1ccccc1Nc1ccnc(C(=O)NCCC2=CCCCC2)c1. The summed E-state index contributed by atoms with van der Waals surface area (Å²) >= 11 is 0. The van der Waals surface area contributed by atoms with Crippen molar-refractivity contribution < 1.29 is 9.53 Å². The van der Waals surface area contributed by atoms with E-state index in [0.717, 1.165) is 30.0 Å². The summed E-state index contributed by atoms with van der Waals surface area (Å²) in [6.07, 6.45) is 9.83. The summed E-state index contributed by atoms with van der Waals surface area (Å²) in [5.74, 6) is 0.632. The number of ether oxygens (including phenoxy) is 1. The van der Waals surface area contributed by atoms with Crippen LogP contribution in [0.4, 0.5) is 11.4 Å². The molecule has 1 amide bonds. The number of allylic oxidation sites excluding steroid dienone is 1. The Morgan fingerprint density at radius 2 is 2.07 bits per heavy atom. The van der Waals surface area contributed by atoms with Crippen LogP contribution < -0.4 is 15.4 Å². The van der Waals surface area contributed by atoms with Crippen molar-refractivity contribution in [3.8, 4) is 5.75 Å². The summed E-state index contributed by atoms with van der Waals surface area (Å²) in [6, 6.07) is 11.4. The van der Waals surface area contributed by atoms with Gasteiger partial charge in [0, 0.05) is 18.4 Å². The minimum atomic E-state index is -0.147. The minimum absolute atomic E-state index is 0.0843. The molecule has 0 aliphatic heterocycles. The van der Waals surface area contributed by atoms with E-state index in [1.54, 1.807) is 12.3 Å². The maximum Gasteiger partial charge on any atom is 0.269 e. The van der Waals surface area contributed by atoms with Gasteiger partial charge in [0.2, 0.25) is 0 Å². The first-order valence-electron chi connectivity index (χ1n) is 10.1. The number of pyridine rings is 1. The summed E-state index contributed by atoms with van der Waals surface area (Å²) in [5, 5.41) is 6.31. The number of amides is 1. The van der Waals surface area contributed by atoms with Crippen LogP contribution in [0.25, 0.3) is 0 Å². The van der Waals surface area contributed by atoms with Crippen molar-refractivity contribution in [2.24, 2.45) is 0 Å². The Balaban J connectivity index is 1.60. The summed E-state index contributed by atoms with van der Waals surface area (Å²) in [4.78, 5) is 16.7. The highest BCUT2D eigenvalue weighted by atomic mass is 16.5. The van der Waals surface area contributed by atoms with Gasteiger partial charge >= 0.3 is 0 Å². The fourth-order valence-electron chi connectivity index (χ4n) is 3.27. The molecule has 1 heterocycles. The molecule has 5 nitrogen and oxygen atoms in total. The third-order valence-electron chi connectivity index (χ3n) is 4.64. The van der Waals surface area contributed by atoms with Gasteiger partial charge in [-0.15, -0.1) is 0 Å². The van der Waals surface area contributed by atoms with E-state index >= 15 is 0 Å². The molecule has 5 heteroatoms. The molecule has 2 N–H and O–H groups in total. The van der Waals surface area contributed by atoms with E-state index in [9.17, 15) is 4.79 Å². The molecule has 0 radical (unpaired) electrons. The van der Waals surface area contributed by atoms with Gasteiger partial charge in [0.1, 0.15) is 11.4 Å². The summed E-state index contributed by atoms with van der Waals surface area (Å²) in [7, 11) is 0. The van der Waals surface area contributed by atoms with E-state index in [1.807, 2.05) is 44.2 Å². The predicted octanol–water partition coefficient (Wildman–Crippen LogP) is 5.23. The number of anilines is 2. The molecule has 0 atom stereocenters. The Bertz CT molecular complexity index is 830. The molecule has 148 valence electrons. The van der Waals surface area contributed by atoms with Crippen LogP contribution in [-0.2, 0) is 0 Å². The van der Waals surface area contributed by atoms with Gasteiger partial charge < -0.3 is 15.4 Å². The second-order valence-corrected chi connectivity index (χ2v) is 7.33. The van der Waals surface area contributed by atoms with Crippen molar-refractivity contribution >= 4 is 17.3 Å². The van der Waals surface area contributed by atoms with Crippen LogP contribution in [0.15, 0.2) is 54.2 Å². The minimum Gasteiger partial charge on any atom is -0.489 e. The first kappa shape index (κ1) is 19.9. The van der Waals surface area contributed by atoms with E-state index in [4.69, 9.17) is 4.74 Å². The van der Waals surface area contributed by atoms with Crippen molar-refractivity contribution in [2.45, 2.75) is 52.1 Å². The molecule has 28 heavy (non-hydrogen) atoms. The predicted molar refractivity (Wildman–Crippen MR) is 113 cm³/mol. The lowest BCUT2D eigenvalue weighted by Gasteiger charge is -2.16. The maximum atomic E-state index is 12.5. The Hall–Kier alpha value is -2.82. The first-order chi connectivity index (χ1) is 13.6. The van der Waals surface area contributed by atoms with E-state index in [0.29, 0.717) is 12.2 Å². The number of hydrogen-bond acceptors (Lipinski definition) is 4.